The molecule has 0 radical (unpaired) electrons. The lowest BCUT2D eigenvalue weighted by atomic mass is 10.0. The number of carbonyl (C=O) groups is 1. The van der Waals surface area contributed by atoms with Gasteiger partial charge in [0.25, 0.3) is 5.91 Å². The lowest BCUT2D eigenvalue weighted by Gasteiger charge is -2.34. The van der Waals surface area contributed by atoms with Gasteiger partial charge in [0.1, 0.15) is 0 Å². The van der Waals surface area contributed by atoms with Crippen molar-refractivity contribution in [3.63, 3.8) is 0 Å². The summed E-state index contributed by atoms with van der Waals surface area (Å²) in [5, 5.41) is 11.2. The van der Waals surface area contributed by atoms with Crippen LogP contribution in [0.1, 0.15) is 28.8 Å². The second kappa shape index (κ2) is 7.29. The number of nitrogens with zero attached hydrogens (tertiary/aromatic N) is 7. The number of alkyl halides is 3. The van der Waals surface area contributed by atoms with Crippen molar-refractivity contribution in [1.29, 1.82) is 0 Å². The SMILES string of the molecule is O=C(c1cccnc1-n1nccn1)N1C[C@H]2CC(Nc3ncc(C(F)(F)F)cn3)C1C2. The summed E-state index contributed by atoms with van der Waals surface area (Å²) in [7, 11) is 0. The Kier molecular flexibility index (Phi) is 4.56. The maximum absolute atomic E-state index is 13.3. The quantitative estimate of drug-likeness (QED) is 0.677. The monoisotopic (exact) mass is 430 g/mol. The number of piperidine rings is 1. The summed E-state index contributed by atoms with van der Waals surface area (Å²) in [6.07, 6.45) is 3.19. The van der Waals surface area contributed by atoms with Crippen LogP contribution in [-0.2, 0) is 6.18 Å². The fraction of sp³-hybridized carbons (Fsp3) is 0.368. The number of fused-ring (bicyclic) bond motifs is 2. The van der Waals surface area contributed by atoms with Crippen LogP contribution in [0.4, 0.5) is 19.1 Å². The van der Waals surface area contributed by atoms with Gasteiger partial charge in [0, 0.05) is 31.2 Å². The van der Waals surface area contributed by atoms with Crippen LogP contribution in [-0.4, -0.2) is 59.4 Å². The molecule has 2 unspecified atom stereocenters. The van der Waals surface area contributed by atoms with Crippen LogP contribution in [0.15, 0.2) is 43.1 Å². The first-order valence-electron chi connectivity index (χ1n) is 9.68. The third-order valence-electron chi connectivity index (χ3n) is 5.66. The van der Waals surface area contributed by atoms with Crippen molar-refractivity contribution < 1.29 is 18.0 Å². The van der Waals surface area contributed by atoms with Gasteiger partial charge in [-0.1, -0.05) is 0 Å². The number of amides is 1. The van der Waals surface area contributed by atoms with Crippen LogP contribution in [0.25, 0.3) is 5.82 Å². The Morgan fingerprint density at radius 2 is 1.81 bits per heavy atom. The van der Waals surface area contributed by atoms with Gasteiger partial charge in [0.15, 0.2) is 5.82 Å². The summed E-state index contributed by atoms with van der Waals surface area (Å²) in [6, 6.07) is 3.09. The molecule has 31 heavy (non-hydrogen) atoms. The van der Waals surface area contributed by atoms with Gasteiger partial charge in [-0.15, -0.1) is 4.80 Å². The smallest absolute Gasteiger partial charge is 0.349 e. The van der Waals surface area contributed by atoms with Crippen molar-refractivity contribution >= 4 is 11.9 Å². The minimum atomic E-state index is -4.49. The first-order valence-corrected chi connectivity index (χ1v) is 9.68. The normalized spacial score (nSPS) is 22.7. The fourth-order valence-corrected chi connectivity index (χ4v) is 4.33. The molecule has 1 aliphatic carbocycles. The molecular formula is C19H17F3N8O. The van der Waals surface area contributed by atoms with E-state index in [0.717, 1.165) is 25.2 Å². The largest absolute Gasteiger partial charge is 0.419 e. The van der Waals surface area contributed by atoms with E-state index in [0.29, 0.717) is 23.8 Å². The van der Waals surface area contributed by atoms with Crippen molar-refractivity contribution in [3.05, 3.63) is 54.2 Å². The minimum absolute atomic E-state index is 0.112. The number of hydrogen-bond acceptors (Lipinski definition) is 7. The molecule has 3 atom stereocenters. The molecular weight excluding hydrogens is 413 g/mol. The Hall–Kier alpha value is -3.57. The summed E-state index contributed by atoms with van der Waals surface area (Å²) in [4.78, 5) is 28.3. The zero-order valence-electron chi connectivity index (χ0n) is 16.1. The highest BCUT2D eigenvalue weighted by molar-refractivity contribution is 5.97. The van der Waals surface area contributed by atoms with Crippen molar-refractivity contribution in [1.82, 2.24) is 34.8 Å². The molecule has 2 bridgehead atoms. The van der Waals surface area contributed by atoms with E-state index in [1.807, 2.05) is 0 Å². The Bertz CT molecular complexity index is 1090. The zero-order chi connectivity index (χ0) is 21.6. The van der Waals surface area contributed by atoms with E-state index >= 15 is 0 Å². The summed E-state index contributed by atoms with van der Waals surface area (Å²) < 4.78 is 38.2. The van der Waals surface area contributed by atoms with E-state index in [2.05, 4.69) is 30.5 Å². The average Bonchev–Trinajstić information content (AvgIpc) is 3.50. The van der Waals surface area contributed by atoms with Crippen molar-refractivity contribution in [2.24, 2.45) is 5.92 Å². The van der Waals surface area contributed by atoms with Gasteiger partial charge in [-0.25, -0.2) is 15.0 Å². The minimum Gasteiger partial charge on any atom is -0.349 e. The topological polar surface area (TPSA) is 102 Å². The maximum Gasteiger partial charge on any atom is 0.419 e. The number of hydrogen-bond donors (Lipinski definition) is 1. The molecule has 160 valence electrons. The first kappa shape index (κ1) is 19.4. The number of aromatic nitrogens is 6. The fourth-order valence-electron chi connectivity index (χ4n) is 4.33. The molecule has 1 amide bonds. The van der Waals surface area contributed by atoms with Crippen LogP contribution in [0, 0.1) is 5.92 Å². The third-order valence-corrected chi connectivity index (χ3v) is 5.66. The molecule has 1 saturated carbocycles. The molecule has 0 spiro atoms. The maximum atomic E-state index is 13.3. The standard InChI is InChI=1S/C19H17F3N8O/c20-19(21,22)12-8-24-18(25-9-12)28-14-6-11-7-15(14)29(10-11)17(31)13-2-1-3-23-16(13)30-26-4-5-27-30/h1-5,8-9,11,14-15H,6-7,10H2,(H,24,25,28)/t11-,14?,15?/m0/s1. The van der Waals surface area contributed by atoms with Crippen LogP contribution in [0.3, 0.4) is 0 Å². The van der Waals surface area contributed by atoms with Gasteiger partial charge in [0.2, 0.25) is 5.95 Å². The second-order valence-corrected chi connectivity index (χ2v) is 7.60. The second-order valence-electron chi connectivity index (χ2n) is 7.60. The number of anilines is 1. The molecule has 3 aromatic rings. The number of halogens is 3. The predicted molar refractivity (Wildman–Crippen MR) is 101 cm³/mol. The van der Waals surface area contributed by atoms with E-state index in [-0.39, 0.29) is 23.9 Å². The summed E-state index contributed by atoms with van der Waals surface area (Å²) in [5.74, 6) is 0.563. The highest BCUT2D eigenvalue weighted by Crippen LogP contribution is 2.40. The first-order chi connectivity index (χ1) is 14.9. The van der Waals surface area contributed by atoms with Crippen molar-refractivity contribution in [2.75, 3.05) is 11.9 Å². The molecule has 9 nitrogen and oxygen atoms in total. The van der Waals surface area contributed by atoms with E-state index < -0.39 is 11.7 Å². The van der Waals surface area contributed by atoms with E-state index in [9.17, 15) is 18.0 Å². The lowest BCUT2D eigenvalue weighted by Crippen LogP contribution is -2.48. The van der Waals surface area contributed by atoms with Crippen LogP contribution >= 0.6 is 0 Å². The Balaban J connectivity index is 1.35. The van der Waals surface area contributed by atoms with E-state index in [4.69, 9.17) is 0 Å². The molecule has 1 N–H and O–H groups in total. The molecule has 2 aliphatic rings. The highest BCUT2D eigenvalue weighted by Gasteiger charge is 2.47. The van der Waals surface area contributed by atoms with Crippen molar-refractivity contribution in [2.45, 2.75) is 31.1 Å². The van der Waals surface area contributed by atoms with Gasteiger partial charge in [-0.2, -0.15) is 23.4 Å². The lowest BCUT2D eigenvalue weighted by molar-refractivity contribution is -0.138. The van der Waals surface area contributed by atoms with Crippen LogP contribution in [0.5, 0.6) is 0 Å². The molecule has 12 heteroatoms. The number of carbonyl (C=O) groups excluding carboxylic acids is 1. The Labute approximate surface area is 174 Å². The van der Waals surface area contributed by atoms with E-state index in [1.165, 1.54) is 17.2 Å². The molecule has 3 aromatic heterocycles. The number of rotatable bonds is 4. The van der Waals surface area contributed by atoms with Gasteiger partial charge >= 0.3 is 6.18 Å². The Morgan fingerprint density at radius 1 is 1.06 bits per heavy atom. The third kappa shape index (κ3) is 3.57. The zero-order valence-corrected chi connectivity index (χ0v) is 16.1. The Morgan fingerprint density at radius 3 is 2.48 bits per heavy atom. The van der Waals surface area contributed by atoms with Gasteiger partial charge in [-0.3, -0.25) is 4.79 Å². The summed E-state index contributed by atoms with van der Waals surface area (Å²) >= 11 is 0. The van der Waals surface area contributed by atoms with Crippen molar-refractivity contribution in [3.8, 4) is 5.82 Å². The van der Waals surface area contributed by atoms with Gasteiger partial charge in [0.05, 0.1) is 29.6 Å². The highest BCUT2D eigenvalue weighted by atomic mass is 19.4. The molecule has 1 aliphatic heterocycles. The average molecular weight is 430 g/mol. The molecule has 5 rings (SSSR count). The van der Waals surface area contributed by atoms with Gasteiger partial charge < -0.3 is 10.2 Å². The molecule has 1 saturated heterocycles. The summed E-state index contributed by atoms with van der Waals surface area (Å²) in [5.41, 5.74) is -0.519. The number of likely N-dealkylation sites (tertiary alicyclic amines) is 1. The predicted octanol–water partition coefficient (Wildman–Crippen LogP) is 2.19. The van der Waals surface area contributed by atoms with E-state index in [1.54, 1.807) is 23.2 Å². The molecule has 2 fully saturated rings. The summed E-state index contributed by atoms with van der Waals surface area (Å²) in [6.45, 7) is 0.608. The van der Waals surface area contributed by atoms with Crippen LogP contribution in [0.2, 0.25) is 0 Å². The molecule has 4 heterocycles. The molecule has 0 aromatic carbocycles. The van der Waals surface area contributed by atoms with Crippen LogP contribution < -0.4 is 5.32 Å². The number of pyridine rings is 1. The van der Waals surface area contributed by atoms with Gasteiger partial charge in [-0.05, 0) is 30.9 Å². The number of nitrogens with one attached hydrogen (secondary N) is 1.